The molecule has 0 spiro atoms. The maximum absolute atomic E-state index is 12.2. The minimum Gasteiger partial charge on any atom is -0.481 e. The van der Waals surface area contributed by atoms with Gasteiger partial charge in [-0.2, -0.15) is 0 Å². The lowest BCUT2D eigenvalue weighted by Gasteiger charge is -2.70. The Kier molecular flexibility index (Phi) is 6.03. The summed E-state index contributed by atoms with van der Waals surface area (Å²) in [6, 6.07) is 0. The van der Waals surface area contributed by atoms with Crippen LogP contribution in [-0.2, 0) is 19.1 Å². The van der Waals surface area contributed by atoms with E-state index in [4.69, 9.17) is 4.74 Å². The second kappa shape index (κ2) is 7.77. The van der Waals surface area contributed by atoms with Crippen LogP contribution in [0.1, 0.15) is 92.9 Å². The zero-order chi connectivity index (χ0) is 23.4. The summed E-state index contributed by atoms with van der Waals surface area (Å²) in [4.78, 5) is 35.4. The van der Waals surface area contributed by atoms with Crippen molar-refractivity contribution in [1.82, 2.24) is 0 Å². The van der Waals surface area contributed by atoms with E-state index in [1.165, 1.54) is 6.92 Å². The van der Waals surface area contributed by atoms with Crippen molar-refractivity contribution in [3.8, 4) is 0 Å². The van der Waals surface area contributed by atoms with Gasteiger partial charge in [-0.3, -0.25) is 14.4 Å². The first-order valence-corrected chi connectivity index (χ1v) is 11.8. The Morgan fingerprint density at radius 2 is 1.55 bits per heavy atom. The molecule has 0 aromatic rings. The van der Waals surface area contributed by atoms with Crippen LogP contribution in [0.25, 0.3) is 0 Å². The summed E-state index contributed by atoms with van der Waals surface area (Å²) >= 11 is 0. The van der Waals surface area contributed by atoms with Crippen molar-refractivity contribution in [2.24, 2.45) is 39.4 Å². The van der Waals surface area contributed by atoms with E-state index in [0.29, 0.717) is 24.7 Å². The molecule has 3 rings (SSSR count). The molecule has 176 valence electrons. The van der Waals surface area contributed by atoms with Gasteiger partial charge in [0.05, 0.1) is 5.92 Å². The minimum absolute atomic E-state index is 0.00273. The van der Waals surface area contributed by atoms with Gasteiger partial charge in [0, 0.05) is 18.8 Å². The molecule has 0 saturated heterocycles. The molecule has 0 amide bonds. The fourth-order valence-electron chi connectivity index (χ4n) is 8.54. The number of hydrogen-bond donors (Lipinski definition) is 2. The molecule has 2 N–H and O–H groups in total. The summed E-state index contributed by atoms with van der Waals surface area (Å²) < 4.78 is 5.73. The number of fused-ring (bicyclic) bond motifs is 3. The van der Waals surface area contributed by atoms with E-state index in [9.17, 15) is 24.6 Å². The highest BCUT2D eigenvalue weighted by atomic mass is 16.5. The van der Waals surface area contributed by atoms with E-state index in [-0.39, 0.29) is 34.7 Å². The zero-order valence-electron chi connectivity index (χ0n) is 20.0. The maximum atomic E-state index is 12.2. The molecular weight excluding hydrogens is 396 g/mol. The van der Waals surface area contributed by atoms with Gasteiger partial charge in [0.25, 0.3) is 0 Å². The fourth-order valence-corrected chi connectivity index (χ4v) is 8.54. The Morgan fingerprint density at radius 1 is 0.903 bits per heavy atom. The number of carbonyl (C=O) groups excluding carboxylic acids is 1. The Labute approximate surface area is 186 Å². The molecule has 6 heteroatoms. The van der Waals surface area contributed by atoms with Crippen LogP contribution in [0.2, 0.25) is 0 Å². The van der Waals surface area contributed by atoms with Gasteiger partial charge in [-0.25, -0.2) is 0 Å². The Bertz CT molecular complexity index is 759. The number of aliphatic carboxylic acids is 2. The van der Waals surface area contributed by atoms with Crippen LogP contribution in [0.3, 0.4) is 0 Å². The van der Waals surface area contributed by atoms with Crippen LogP contribution < -0.4 is 0 Å². The number of esters is 1. The molecule has 0 unspecified atom stereocenters. The van der Waals surface area contributed by atoms with Crippen molar-refractivity contribution in [2.45, 2.75) is 99.0 Å². The van der Waals surface area contributed by atoms with Gasteiger partial charge >= 0.3 is 17.9 Å². The van der Waals surface area contributed by atoms with Gasteiger partial charge in [-0.1, -0.05) is 34.6 Å². The first kappa shape index (κ1) is 24.1. The molecule has 0 radical (unpaired) electrons. The highest BCUT2D eigenvalue weighted by Gasteiger charge is 2.67. The van der Waals surface area contributed by atoms with Crippen LogP contribution in [0.4, 0.5) is 0 Å². The molecule has 3 saturated carbocycles. The molecule has 0 bridgehead atoms. The predicted octanol–water partition coefficient (Wildman–Crippen LogP) is 5.14. The summed E-state index contributed by atoms with van der Waals surface area (Å²) in [5.41, 5.74) is -0.938. The van der Waals surface area contributed by atoms with E-state index < -0.39 is 23.3 Å². The highest BCUT2D eigenvalue weighted by molar-refractivity contribution is 5.72. The number of carboxylic acids is 2. The lowest BCUT2D eigenvalue weighted by Crippen LogP contribution is -2.65. The second-order valence-electron chi connectivity index (χ2n) is 11.8. The summed E-state index contributed by atoms with van der Waals surface area (Å²) in [6.07, 6.45) is 5.36. The average molecular weight is 437 g/mol. The third-order valence-electron chi connectivity index (χ3n) is 10.3. The predicted molar refractivity (Wildman–Crippen MR) is 116 cm³/mol. The van der Waals surface area contributed by atoms with Gasteiger partial charge in [0.1, 0.15) is 6.10 Å². The third-order valence-corrected chi connectivity index (χ3v) is 10.3. The van der Waals surface area contributed by atoms with Crippen molar-refractivity contribution < 1.29 is 29.3 Å². The van der Waals surface area contributed by atoms with Crippen LogP contribution in [0.15, 0.2) is 0 Å². The second-order valence-corrected chi connectivity index (χ2v) is 11.8. The normalized spacial score (nSPS) is 43.9. The maximum Gasteiger partial charge on any atom is 0.307 e. The van der Waals surface area contributed by atoms with E-state index in [2.05, 4.69) is 27.7 Å². The smallest absolute Gasteiger partial charge is 0.307 e. The first-order valence-electron chi connectivity index (χ1n) is 11.8. The van der Waals surface area contributed by atoms with E-state index in [1.807, 2.05) is 6.92 Å². The van der Waals surface area contributed by atoms with Crippen molar-refractivity contribution >= 4 is 17.9 Å². The lowest BCUT2D eigenvalue weighted by molar-refractivity contribution is -0.232. The van der Waals surface area contributed by atoms with Crippen LogP contribution >= 0.6 is 0 Å². The van der Waals surface area contributed by atoms with Crippen molar-refractivity contribution in [3.63, 3.8) is 0 Å². The Hall–Kier alpha value is -1.59. The molecule has 31 heavy (non-hydrogen) atoms. The third kappa shape index (κ3) is 3.58. The molecule has 3 fully saturated rings. The van der Waals surface area contributed by atoms with Crippen molar-refractivity contribution in [2.75, 3.05) is 0 Å². The minimum atomic E-state index is -0.862. The monoisotopic (exact) mass is 436 g/mol. The Balaban J connectivity index is 2.01. The summed E-state index contributed by atoms with van der Waals surface area (Å²) in [7, 11) is 0. The number of carboxylic acid groups (broad SMARTS) is 2. The molecular formula is C25H40O6. The number of hydrogen-bond acceptors (Lipinski definition) is 4. The molecule has 7 atom stereocenters. The van der Waals surface area contributed by atoms with E-state index in [1.54, 1.807) is 0 Å². The molecule has 0 aliphatic heterocycles. The van der Waals surface area contributed by atoms with E-state index in [0.717, 1.165) is 32.1 Å². The van der Waals surface area contributed by atoms with Crippen LogP contribution in [-0.4, -0.2) is 34.2 Å². The lowest BCUT2D eigenvalue weighted by atomic mass is 9.35. The fraction of sp³-hybridized carbons (Fsp3) is 0.880. The molecule has 0 aromatic carbocycles. The zero-order valence-corrected chi connectivity index (χ0v) is 20.0. The standard InChI is InChI=1S/C25H40O6/c1-15(26)31-19-10-12-23(4)17(22(19,2)3)9-13-25(6)18(23)8-7-16(21(29)30)24(25,5)14-11-20(27)28/h16-19H,7-14H2,1-6H3,(H,27,28)(H,29,30)/t16-,17+,18-,19+,23+,24-,25-/m1/s1. The van der Waals surface area contributed by atoms with Gasteiger partial charge in [0.15, 0.2) is 0 Å². The van der Waals surface area contributed by atoms with Crippen molar-refractivity contribution in [1.29, 1.82) is 0 Å². The number of carbonyl (C=O) groups is 3. The Morgan fingerprint density at radius 3 is 2.10 bits per heavy atom. The van der Waals surface area contributed by atoms with E-state index >= 15 is 0 Å². The topological polar surface area (TPSA) is 101 Å². The van der Waals surface area contributed by atoms with Gasteiger partial charge in [0.2, 0.25) is 0 Å². The van der Waals surface area contributed by atoms with Gasteiger partial charge in [-0.05, 0) is 73.0 Å². The first-order chi connectivity index (χ1) is 14.2. The number of rotatable bonds is 5. The van der Waals surface area contributed by atoms with Crippen LogP contribution in [0, 0.1) is 39.4 Å². The van der Waals surface area contributed by atoms with Crippen molar-refractivity contribution in [3.05, 3.63) is 0 Å². The number of ether oxygens (including phenoxy) is 1. The summed E-state index contributed by atoms with van der Waals surface area (Å²) in [5, 5.41) is 19.4. The quantitative estimate of drug-likeness (QED) is 0.579. The molecule has 3 aliphatic rings. The summed E-state index contributed by atoms with van der Waals surface area (Å²) in [6.45, 7) is 12.6. The molecule has 0 aromatic heterocycles. The van der Waals surface area contributed by atoms with Gasteiger partial charge < -0.3 is 14.9 Å². The largest absolute Gasteiger partial charge is 0.481 e. The molecule has 6 nitrogen and oxygen atoms in total. The molecule has 0 heterocycles. The average Bonchev–Trinajstić information content (AvgIpc) is 2.63. The summed E-state index contributed by atoms with van der Waals surface area (Å²) in [5.74, 6) is -1.70. The molecule has 3 aliphatic carbocycles. The highest BCUT2D eigenvalue weighted by Crippen LogP contribution is 2.73. The van der Waals surface area contributed by atoms with Crippen LogP contribution in [0.5, 0.6) is 0 Å². The SMILES string of the molecule is CC(=O)O[C@H]1CC[C@]2(C)[C@H]3CC[C@H](C(=O)O)[C@@](C)(CCC(=O)O)[C@]3(C)CC[C@H]2C1(C)C. The van der Waals surface area contributed by atoms with Gasteiger partial charge in [-0.15, -0.1) is 0 Å².